The standard InChI is InChI=1S/K.HO4Si.Pb/c;1-5(2,3)4;/h;1H;/q+1;-3;+2. The van der Waals surface area contributed by atoms with Crippen molar-refractivity contribution < 1.29 is 70.6 Å². The van der Waals surface area contributed by atoms with Gasteiger partial charge in [-0.3, -0.25) is 0 Å². The van der Waals surface area contributed by atoms with Gasteiger partial charge in [0.05, 0.1) is 0 Å². The SMILES string of the molecule is [K+].[O-][Si]([O-])([O-])O.[Pb+2]. The predicted molar refractivity (Wildman–Crippen MR) is 13.7 cm³/mol. The van der Waals surface area contributed by atoms with Crippen LogP contribution in [0.15, 0.2) is 0 Å². The molecular weight excluding hydrogens is 338 g/mol. The molecule has 0 saturated carbocycles. The van der Waals surface area contributed by atoms with Crippen LogP contribution in [0.3, 0.4) is 0 Å². The zero-order chi connectivity index (χ0) is 4.50. The Morgan fingerprint density at radius 2 is 1.14 bits per heavy atom. The molecule has 0 unspecified atom stereocenters. The molecule has 0 fully saturated rings. The molecule has 0 aliphatic heterocycles. The van der Waals surface area contributed by atoms with Gasteiger partial charge >= 0.3 is 78.7 Å². The molecule has 0 rings (SSSR count). The van der Waals surface area contributed by atoms with Crippen LogP contribution in [0.4, 0.5) is 0 Å². The van der Waals surface area contributed by atoms with Gasteiger partial charge in [-0.1, -0.05) is 0 Å². The van der Waals surface area contributed by atoms with Crippen LogP contribution >= 0.6 is 0 Å². The molecule has 2 radical (unpaired) electrons. The maximum absolute atomic E-state index is 8.69. The van der Waals surface area contributed by atoms with Crippen LogP contribution in [0, 0.1) is 0 Å². The molecule has 7 heteroatoms. The molecule has 0 aromatic carbocycles. The average molecular weight is 339 g/mol. The van der Waals surface area contributed by atoms with Crippen molar-refractivity contribution in [3.63, 3.8) is 0 Å². The van der Waals surface area contributed by atoms with Gasteiger partial charge in [0.25, 0.3) is 0 Å². The average Bonchev–Trinajstić information content (AvgIpc) is 0.722. The van der Waals surface area contributed by atoms with Gasteiger partial charge in [0.15, 0.2) is 0 Å². The Kier molecular flexibility index (Phi) is 15.7. The van der Waals surface area contributed by atoms with E-state index in [-0.39, 0.29) is 78.7 Å². The van der Waals surface area contributed by atoms with Gasteiger partial charge in [0.1, 0.15) is 0 Å². The van der Waals surface area contributed by atoms with Crippen molar-refractivity contribution in [1.82, 2.24) is 0 Å². The number of rotatable bonds is 0. The predicted octanol–water partition coefficient (Wildman–Crippen LogP) is -7.88. The third-order valence-corrected chi connectivity index (χ3v) is 0. The van der Waals surface area contributed by atoms with Crippen LogP contribution in [-0.4, -0.2) is 41.1 Å². The maximum Gasteiger partial charge on any atom is 2.00 e. The van der Waals surface area contributed by atoms with E-state index in [0.717, 1.165) is 0 Å². The van der Waals surface area contributed by atoms with Gasteiger partial charge in [-0.2, -0.15) is 0 Å². The Balaban J connectivity index is -0.0000000800. The topological polar surface area (TPSA) is 89.4 Å². The van der Waals surface area contributed by atoms with E-state index in [1.807, 2.05) is 0 Å². The fraction of sp³-hybridized carbons (Fsp3) is 0. The summed E-state index contributed by atoms with van der Waals surface area (Å²) in [4.78, 5) is 33.1. The first-order valence-corrected chi connectivity index (χ1v) is 2.51. The molecule has 0 atom stereocenters. The first-order chi connectivity index (χ1) is 2.00. The summed E-state index contributed by atoms with van der Waals surface area (Å²) in [5, 5.41) is 0. The fourth-order valence-corrected chi connectivity index (χ4v) is 0. The van der Waals surface area contributed by atoms with Crippen molar-refractivity contribution in [3.05, 3.63) is 0 Å². The Morgan fingerprint density at radius 1 is 1.14 bits per heavy atom. The van der Waals surface area contributed by atoms with E-state index in [4.69, 9.17) is 19.2 Å². The van der Waals surface area contributed by atoms with Gasteiger partial charge in [-0.05, 0) is 0 Å². The van der Waals surface area contributed by atoms with Crippen LogP contribution in [0.5, 0.6) is 0 Å². The molecule has 0 bridgehead atoms. The normalized spacial score (nSPS) is 8.57. The molecule has 0 saturated heterocycles. The summed E-state index contributed by atoms with van der Waals surface area (Å²) in [5.41, 5.74) is 0. The molecule has 1 N–H and O–H groups in total. The van der Waals surface area contributed by atoms with Gasteiger partial charge in [-0.15, -0.1) is 9.05 Å². The van der Waals surface area contributed by atoms with Crippen molar-refractivity contribution in [1.29, 1.82) is 0 Å². The van der Waals surface area contributed by atoms with Crippen LogP contribution in [0.2, 0.25) is 0 Å². The summed E-state index contributed by atoms with van der Waals surface area (Å²) in [6.07, 6.45) is 0. The van der Waals surface area contributed by atoms with Gasteiger partial charge < -0.3 is 19.2 Å². The maximum atomic E-state index is 8.69. The monoisotopic (exact) mass is 340 g/mol. The van der Waals surface area contributed by atoms with E-state index in [2.05, 4.69) is 0 Å². The minimum absolute atomic E-state index is 0. The molecule has 4 nitrogen and oxygen atoms in total. The van der Waals surface area contributed by atoms with Gasteiger partial charge in [0.2, 0.25) is 0 Å². The first-order valence-electron chi connectivity index (χ1n) is 0.836. The minimum atomic E-state index is -5.36. The fourth-order valence-electron chi connectivity index (χ4n) is 0. The van der Waals surface area contributed by atoms with Crippen molar-refractivity contribution >= 4 is 36.3 Å². The molecule has 0 aliphatic rings. The zero-order valence-corrected chi connectivity index (χ0v) is 11.7. The minimum Gasteiger partial charge on any atom is -0.861 e. The van der Waals surface area contributed by atoms with E-state index in [1.165, 1.54) is 0 Å². The van der Waals surface area contributed by atoms with E-state index >= 15 is 0 Å². The third-order valence-electron chi connectivity index (χ3n) is 0. The Hall–Kier alpha value is 2.62. The first kappa shape index (κ1) is 16.3. The number of hydrogen-bond acceptors (Lipinski definition) is 4. The van der Waals surface area contributed by atoms with E-state index in [9.17, 15) is 0 Å². The van der Waals surface area contributed by atoms with E-state index < -0.39 is 9.05 Å². The summed E-state index contributed by atoms with van der Waals surface area (Å²) >= 11 is 0. The Morgan fingerprint density at radius 3 is 1.14 bits per heavy atom. The number of hydrogen-bond donors (Lipinski definition) is 1. The summed E-state index contributed by atoms with van der Waals surface area (Å²) in [7, 11) is -5.36. The molecule has 0 aromatic rings. The Labute approximate surface area is 105 Å². The van der Waals surface area contributed by atoms with E-state index in [1.54, 1.807) is 0 Å². The summed E-state index contributed by atoms with van der Waals surface area (Å²) in [6, 6.07) is 0. The van der Waals surface area contributed by atoms with Crippen molar-refractivity contribution in [2.45, 2.75) is 0 Å². The molecule has 0 heterocycles. The third kappa shape index (κ3) is 55.1. The molecule has 0 amide bonds. The van der Waals surface area contributed by atoms with Crippen molar-refractivity contribution in [2.24, 2.45) is 0 Å². The van der Waals surface area contributed by atoms with Gasteiger partial charge in [0, 0.05) is 0 Å². The zero-order valence-electron chi connectivity index (χ0n) is 3.67. The van der Waals surface area contributed by atoms with Crippen LogP contribution in [0.25, 0.3) is 0 Å². The molecule has 34 valence electrons. The quantitative estimate of drug-likeness (QED) is 0.444. The molecule has 0 spiro atoms. The van der Waals surface area contributed by atoms with E-state index in [0.29, 0.717) is 0 Å². The molecular formula is HKO4PbSi. The summed E-state index contributed by atoms with van der Waals surface area (Å²) < 4.78 is 0. The smallest absolute Gasteiger partial charge is 0.861 e. The van der Waals surface area contributed by atoms with Crippen molar-refractivity contribution in [2.75, 3.05) is 0 Å². The second-order valence-corrected chi connectivity index (χ2v) is 1.57. The summed E-state index contributed by atoms with van der Waals surface area (Å²) in [6.45, 7) is 0. The van der Waals surface area contributed by atoms with Gasteiger partial charge in [-0.25, -0.2) is 0 Å². The second-order valence-electron chi connectivity index (χ2n) is 0.524. The largest absolute Gasteiger partial charge is 2.00 e. The summed E-state index contributed by atoms with van der Waals surface area (Å²) in [5.74, 6) is 0. The van der Waals surface area contributed by atoms with Crippen LogP contribution in [-0.2, 0) is 0 Å². The second kappa shape index (κ2) is 6.73. The molecule has 0 aromatic heterocycles. The van der Waals surface area contributed by atoms with Crippen LogP contribution in [0.1, 0.15) is 0 Å². The molecule has 7 heavy (non-hydrogen) atoms. The van der Waals surface area contributed by atoms with Crippen molar-refractivity contribution in [3.8, 4) is 0 Å². The van der Waals surface area contributed by atoms with Crippen LogP contribution < -0.4 is 65.8 Å². The Bertz CT molecular complexity index is 27.2. The molecule has 0 aliphatic carbocycles.